The number of phenolic OH excluding ortho intramolecular Hbond substituents is 2. The second-order valence-electron chi connectivity index (χ2n) is 6.54. The van der Waals surface area contributed by atoms with Crippen LogP contribution in [0.5, 0.6) is 11.5 Å². The van der Waals surface area contributed by atoms with Crippen LogP contribution in [0.25, 0.3) is 0 Å². The van der Waals surface area contributed by atoms with Crippen LogP contribution in [0, 0.1) is 5.92 Å². The first-order valence-corrected chi connectivity index (χ1v) is 9.75. The van der Waals surface area contributed by atoms with E-state index in [0.717, 1.165) is 24.0 Å². The van der Waals surface area contributed by atoms with Gasteiger partial charge in [-0.05, 0) is 54.2 Å². The van der Waals surface area contributed by atoms with Gasteiger partial charge in [-0.2, -0.15) is 0 Å². The third-order valence-electron chi connectivity index (χ3n) is 4.92. The molecule has 0 saturated heterocycles. The zero-order valence-corrected chi connectivity index (χ0v) is 16.4. The largest absolute Gasteiger partial charge is 0.505 e. The normalized spacial score (nSPS) is 15.7. The number of aromatic hydroxyl groups is 2. The van der Waals surface area contributed by atoms with E-state index in [4.69, 9.17) is 46.4 Å². The van der Waals surface area contributed by atoms with Gasteiger partial charge in [0.05, 0.1) is 20.1 Å². The molecule has 0 amide bonds. The van der Waals surface area contributed by atoms with Gasteiger partial charge in [-0.1, -0.05) is 65.7 Å². The maximum Gasteiger partial charge on any atom is 0.152 e. The quantitative estimate of drug-likeness (QED) is 0.543. The smallest absolute Gasteiger partial charge is 0.152 e. The van der Waals surface area contributed by atoms with Crippen molar-refractivity contribution in [2.75, 3.05) is 0 Å². The van der Waals surface area contributed by atoms with Gasteiger partial charge < -0.3 is 10.2 Å². The molecule has 1 aliphatic rings. The lowest BCUT2D eigenvalue weighted by Gasteiger charge is -2.32. The fourth-order valence-corrected chi connectivity index (χ4v) is 4.74. The van der Waals surface area contributed by atoms with Crippen LogP contribution in [-0.4, -0.2) is 10.2 Å². The molecule has 0 unspecified atom stereocenters. The molecule has 0 atom stereocenters. The molecule has 0 bridgehead atoms. The summed E-state index contributed by atoms with van der Waals surface area (Å²) >= 11 is 24.6. The SMILES string of the molecule is Oc1c(Cl)cc(C(c2cc(Cl)c(O)c(Cl)c2)C2CCCCC2)cc1Cl. The monoisotopic (exact) mass is 418 g/mol. The molecule has 2 N–H and O–H groups in total. The minimum Gasteiger partial charge on any atom is -0.505 e. The highest BCUT2D eigenvalue weighted by Gasteiger charge is 2.29. The van der Waals surface area contributed by atoms with Gasteiger partial charge in [-0.3, -0.25) is 0 Å². The number of halogens is 4. The summed E-state index contributed by atoms with van der Waals surface area (Å²) in [5, 5.41) is 20.6. The molecule has 25 heavy (non-hydrogen) atoms. The van der Waals surface area contributed by atoms with Crippen LogP contribution in [-0.2, 0) is 0 Å². The number of phenols is 2. The summed E-state index contributed by atoms with van der Waals surface area (Å²) in [6.07, 6.45) is 5.73. The van der Waals surface area contributed by atoms with Gasteiger partial charge in [0.15, 0.2) is 11.5 Å². The Balaban J connectivity index is 2.13. The van der Waals surface area contributed by atoms with Crippen LogP contribution in [0.1, 0.15) is 49.1 Å². The Morgan fingerprint density at radius 2 is 1.04 bits per heavy atom. The first kappa shape index (κ1) is 19.0. The van der Waals surface area contributed by atoms with Crippen molar-refractivity contribution in [3.8, 4) is 11.5 Å². The average molecular weight is 420 g/mol. The van der Waals surface area contributed by atoms with Gasteiger partial charge in [-0.15, -0.1) is 0 Å². The van der Waals surface area contributed by atoms with Gasteiger partial charge in [0.2, 0.25) is 0 Å². The van der Waals surface area contributed by atoms with Crippen molar-refractivity contribution in [1.82, 2.24) is 0 Å². The molecule has 134 valence electrons. The highest BCUT2D eigenvalue weighted by molar-refractivity contribution is 6.37. The lowest BCUT2D eigenvalue weighted by molar-refractivity contribution is 0.327. The first-order valence-electron chi connectivity index (χ1n) is 8.24. The predicted octanol–water partition coefficient (Wildman–Crippen LogP) is 7.42. The highest BCUT2D eigenvalue weighted by Crippen LogP contribution is 2.46. The molecule has 3 rings (SSSR count). The first-order chi connectivity index (χ1) is 11.9. The second kappa shape index (κ2) is 7.84. The second-order valence-corrected chi connectivity index (χ2v) is 8.17. The highest BCUT2D eigenvalue weighted by atomic mass is 35.5. The van der Waals surface area contributed by atoms with Crippen LogP contribution in [0.2, 0.25) is 20.1 Å². The van der Waals surface area contributed by atoms with E-state index in [0.29, 0.717) is 5.92 Å². The van der Waals surface area contributed by atoms with Crippen molar-refractivity contribution in [1.29, 1.82) is 0 Å². The molecule has 2 aromatic carbocycles. The average Bonchev–Trinajstić information content (AvgIpc) is 2.58. The molecule has 1 aliphatic carbocycles. The topological polar surface area (TPSA) is 40.5 Å². The Kier molecular flexibility index (Phi) is 5.95. The predicted molar refractivity (Wildman–Crippen MR) is 105 cm³/mol. The molecule has 1 saturated carbocycles. The van der Waals surface area contributed by atoms with Crippen molar-refractivity contribution in [2.24, 2.45) is 5.92 Å². The molecular weight excluding hydrogens is 402 g/mol. The minimum atomic E-state index is -0.115. The molecule has 2 nitrogen and oxygen atoms in total. The maximum absolute atomic E-state index is 9.88. The van der Waals surface area contributed by atoms with Crippen molar-refractivity contribution in [3.05, 3.63) is 55.5 Å². The molecule has 0 aromatic heterocycles. The van der Waals surface area contributed by atoms with Crippen molar-refractivity contribution in [3.63, 3.8) is 0 Å². The molecule has 0 aliphatic heterocycles. The van der Waals surface area contributed by atoms with E-state index in [1.807, 2.05) is 0 Å². The number of rotatable bonds is 3. The maximum atomic E-state index is 9.88. The van der Waals surface area contributed by atoms with Crippen molar-refractivity contribution < 1.29 is 10.2 Å². The Labute approximate surface area is 167 Å². The summed E-state index contributed by atoms with van der Waals surface area (Å²) in [4.78, 5) is 0. The molecule has 2 aromatic rings. The molecule has 1 fully saturated rings. The van der Waals surface area contributed by atoms with E-state index in [1.54, 1.807) is 24.3 Å². The van der Waals surface area contributed by atoms with E-state index in [1.165, 1.54) is 19.3 Å². The van der Waals surface area contributed by atoms with Crippen LogP contribution in [0.3, 0.4) is 0 Å². The van der Waals surface area contributed by atoms with Crippen molar-refractivity contribution >= 4 is 46.4 Å². The number of hydrogen-bond acceptors (Lipinski definition) is 2. The van der Waals surface area contributed by atoms with Gasteiger partial charge in [-0.25, -0.2) is 0 Å². The summed E-state index contributed by atoms with van der Waals surface area (Å²) in [5.41, 5.74) is 1.83. The summed E-state index contributed by atoms with van der Waals surface area (Å²) < 4.78 is 0. The van der Waals surface area contributed by atoms with Crippen LogP contribution >= 0.6 is 46.4 Å². The Bertz CT molecular complexity index is 681. The van der Waals surface area contributed by atoms with Crippen LogP contribution < -0.4 is 0 Å². The third-order valence-corrected chi connectivity index (χ3v) is 6.07. The van der Waals surface area contributed by atoms with Gasteiger partial charge in [0.25, 0.3) is 0 Å². The molecule has 0 spiro atoms. The molecule has 0 radical (unpaired) electrons. The molecular formula is C19H18Cl4O2. The fraction of sp³-hybridized carbons (Fsp3) is 0.368. The zero-order chi connectivity index (χ0) is 18.1. The summed E-state index contributed by atoms with van der Waals surface area (Å²) in [5.74, 6) is 0.154. The van der Waals surface area contributed by atoms with E-state index in [2.05, 4.69) is 0 Å². The van der Waals surface area contributed by atoms with Crippen LogP contribution in [0.4, 0.5) is 0 Å². The van der Waals surface area contributed by atoms with Crippen molar-refractivity contribution in [2.45, 2.75) is 38.0 Å². The summed E-state index contributed by atoms with van der Waals surface area (Å²) in [7, 11) is 0. The van der Waals surface area contributed by atoms with Gasteiger partial charge >= 0.3 is 0 Å². The van der Waals surface area contributed by atoms with E-state index in [9.17, 15) is 10.2 Å². The Morgan fingerprint density at radius 3 is 1.40 bits per heavy atom. The zero-order valence-electron chi connectivity index (χ0n) is 13.4. The lowest BCUT2D eigenvalue weighted by Crippen LogP contribution is -2.18. The van der Waals surface area contributed by atoms with Gasteiger partial charge in [0.1, 0.15) is 0 Å². The standard InChI is InChI=1S/C19H18Cl4O2/c20-13-6-11(7-14(21)18(13)24)17(10-4-2-1-3-5-10)12-8-15(22)19(25)16(23)9-12/h6-10,17,24-25H,1-5H2. The number of benzene rings is 2. The molecule has 6 heteroatoms. The minimum absolute atomic E-state index is 0.00787. The van der Waals surface area contributed by atoms with E-state index >= 15 is 0 Å². The molecule has 0 heterocycles. The fourth-order valence-electron chi connectivity index (χ4n) is 3.73. The summed E-state index contributed by atoms with van der Waals surface area (Å²) in [6, 6.07) is 6.99. The third kappa shape index (κ3) is 3.98. The number of hydrogen-bond donors (Lipinski definition) is 2. The van der Waals surface area contributed by atoms with Crippen LogP contribution in [0.15, 0.2) is 24.3 Å². The lowest BCUT2D eigenvalue weighted by atomic mass is 9.73. The van der Waals surface area contributed by atoms with Gasteiger partial charge in [0, 0.05) is 5.92 Å². The van der Waals surface area contributed by atoms with E-state index < -0.39 is 0 Å². The Hall–Kier alpha value is -0.800. The van der Waals surface area contributed by atoms with E-state index in [-0.39, 0.29) is 37.5 Å². The Morgan fingerprint density at radius 1 is 0.680 bits per heavy atom. The summed E-state index contributed by atoms with van der Waals surface area (Å²) in [6.45, 7) is 0.